The highest BCUT2D eigenvalue weighted by molar-refractivity contribution is 5.75. The topological polar surface area (TPSA) is 41.6 Å². The minimum absolute atomic E-state index is 0.115. The molecule has 0 aromatic rings. The van der Waals surface area contributed by atoms with Gasteiger partial charge in [0.15, 0.2) is 0 Å². The molecule has 1 aliphatic carbocycles. The fraction of sp³-hybridized carbons (Fsp3) is 0.938. The molecule has 0 spiro atoms. The Bertz CT molecular complexity index is 303. The van der Waals surface area contributed by atoms with Gasteiger partial charge in [-0.15, -0.1) is 0 Å². The van der Waals surface area contributed by atoms with Gasteiger partial charge < -0.3 is 10.1 Å². The van der Waals surface area contributed by atoms with E-state index < -0.39 is 0 Å². The van der Waals surface area contributed by atoms with Gasteiger partial charge in [-0.2, -0.15) is 0 Å². The minimum Gasteiger partial charge on any atom is -0.468 e. The van der Waals surface area contributed by atoms with Crippen LogP contribution >= 0.6 is 0 Å². The fourth-order valence-electron chi connectivity index (χ4n) is 3.87. The van der Waals surface area contributed by atoms with E-state index in [-0.39, 0.29) is 12.0 Å². The maximum Gasteiger partial charge on any atom is 0.324 e. The number of likely N-dealkylation sites (tertiary alicyclic amines) is 1. The number of methoxy groups -OCH3 is 1. The van der Waals surface area contributed by atoms with Crippen molar-refractivity contribution < 1.29 is 9.53 Å². The highest BCUT2D eigenvalue weighted by Gasteiger charge is 2.35. The number of carbonyl (C=O) groups excluding carboxylic acids is 1. The van der Waals surface area contributed by atoms with E-state index in [1.807, 2.05) is 0 Å². The van der Waals surface area contributed by atoms with Crippen molar-refractivity contribution in [2.45, 2.75) is 64.0 Å². The van der Waals surface area contributed by atoms with E-state index in [0.29, 0.717) is 6.04 Å². The summed E-state index contributed by atoms with van der Waals surface area (Å²) in [5.74, 6) is 0.748. The van der Waals surface area contributed by atoms with Crippen LogP contribution < -0.4 is 5.32 Å². The van der Waals surface area contributed by atoms with Crippen LogP contribution in [0.25, 0.3) is 0 Å². The van der Waals surface area contributed by atoms with Crippen molar-refractivity contribution in [3.05, 3.63) is 0 Å². The highest BCUT2D eigenvalue weighted by atomic mass is 16.5. The van der Waals surface area contributed by atoms with Crippen molar-refractivity contribution in [1.82, 2.24) is 10.2 Å². The zero-order valence-electron chi connectivity index (χ0n) is 13.1. The third-order valence-electron chi connectivity index (χ3n) is 4.90. The summed E-state index contributed by atoms with van der Waals surface area (Å²) >= 11 is 0. The lowest BCUT2D eigenvalue weighted by atomic mass is 9.96. The molecule has 1 saturated carbocycles. The van der Waals surface area contributed by atoms with Crippen LogP contribution in [0.4, 0.5) is 0 Å². The summed E-state index contributed by atoms with van der Waals surface area (Å²) in [5, 5.41) is 3.34. The quantitative estimate of drug-likeness (QED) is 0.727. The Hall–Kier alpha value is -0.610. The van der Waals surface area contributed by atoms with Crippen molar-refractivity contribution in [3.8, 4) is 0 Å². The molecule has 0 aromatic heterocycles. The predicted molar refractivity (Wildman–Crippen MR) is 80.7 cm³/mol. The van der Waals surface area contributed by atoms with Crippen LogP contribution in [0, 0.1) is 5.92 Å². The van der Waals surface area contributed by atoms with Gasteiger partial charge in [0.1, 0.15) is 6.04 Å². The van der Waals surface area contributed by atoms with E-state index in [2.05, 4.69) is 17.1 Å². The van der Waals surface area contributed by atoms with E-state index in [9.17, 15) is 4.79 Å². The van der Waals surface area contributed by atoms with Crippen LogP contribution in [0.15, 0.2) is 0 Å². The second-order valence-electron chi connectivity index (χ2n) is 6.28. The maximum absolute atomic E-state index is 11.9. The number of ether oxygens (including phenoxy) is 1. The van der Waals surface area contributed by atoms with Gasteiger partial charge in [-0.1, -0.05) is 19.8 Å². The Balaban J connectivity index is 1.91. The van der Waals surface area contributed by atoms with Crippen molar-refractivity contribution in [2.75, 3.05) is 26.7 Å². The summed E-state index contributed by atoms with van der Waals surface area (Å²) in [6, 6.07) is 0.537. The van der Waals surface area contributed by atoms with Gasteiger partial charge in [-0.05, 0) is 51.1 Å². The van der Waals surface area contributed by atoms with Crippen LogP contribution in [0.1, 0.15) is 51.9 Å². The van der Waals surface area contributed by atoms with Crippen LogP contribution in [0.2, 0.25) is 0 Å². The van der Waals surface area contributed by atoms with E-state index in [1.54, 1.807) is 0 Å². The third kappa shape index (κ3) is 3.95. The molecule has 4 heteroatoms. The molecule has 0 bridgehead atoms. The van der Waals surface area contributed by atoms with Gasteiger partial charge in [0.05, 0.1) is 7.11 Å². The summed E-state index contributed by atoms with van der Waals surface area (Å²) in [6.45, 7) is 4.95. The summed E-state index contributed by atoms with van der Waals surface area (Å²) in [7, 11) is 1.49. The molecule has 1 saturated heterocycles. The highest BCUT2D eigenvalue weighted by Crippen LogP contribution is 2.35. The molecule has 1 N–H and O–H groups in total. The summed E-state index contributed by atoms with van der Waals surface area (Å²) in [6.07, 6.45) is 9.18. The molecule has 2 fully saturated rings. The van der Waals surface area contributed by atoms with Gasteiger partial charge in [0.2, 0.25) is 0 Å². The average Bonchev–Trinajstić information content (AvgIpc) is 3.12. The molecule has 116 valence electrons. The SMILES string of the molecule is CCCNC(CN1CCCC1C1CCCC1)C(=O)OC. The maximum atomic E-state index is 11.9. The minimum atomic E-state index is -0.165. The third-order valence-corrected chi connectivity index (χ3v) is 4.90. The first-order valence-electron chi connectivity index (χ1n) is 8.31. The number of hydrogen-bond acceptors (Lipinski definition) is 4. The standard InChI is InChI=1S/C16H30N2O2/c1-3-10-17-14(16(19)20-2)12-18-11-6-9-15(18)13-7-4-5-8-13/h13-15,17H,3-12H2,1-2H3. The Morgan fingerprint density at radius 1 is 1.30 bits per heavy atom. The van der Waals surface area contributed by atoms with Crippen LogP contribution in [-0.4, -0.2) is 49.7 Å². The Kier molecular flexibility index (Phi) is 6.30. The molecular formula is C16H30N2O2. The molecular weight excluding hydrogens is 252 g/mol. The predicted octanol–water partition coefficient (Wildman–Crippen LogP) is 2.18. The molecule has 0 amide bonds. The molecule has 2 rings (SSSR count). The van der Waals surface area contributed by atoms with Crippen molar-refractivity contribution >= 4 is 5.97 Å². The molecule has 0 radical (unpaired) electrons. The number of hydrogen-bond donors (Lipinski definition) is 1. The fourth-order valence-corrected chi connectivity index (χ4v) is 3.87. The lowest BCUT2D eigenvalue weighted by molar-refractivity contribution is -0.143. The summed E-state index contributed by atoms with van der Waals surface area (Å²) < 4.78 is 4.95. The molecule has 2 unspecified atom stereocenters. The van der Waals surface area contributed by atoms with E-state index in [1.165, 1.54) is 45.6 Å². The largest absolute Gasteiger partial charge is 0.468 e. The normalized spacial score (nSPS) is 26.0. The first-order valence-corrected chi connectivity index (χ1v) is 8.31. The zero-order chi connectivity index (χ0) is 14.4. The Morgan fingerprint density at radius 3 is 2.70 bits per heavy atom. The van der Waals surface area contributed by atoms with Gasteiger partial charge in [0.25, 0.3) is 0 Å². The van der Waals surface area contributed by atoms with Crippen LogP contribution in [-0.2, 0) is 9.53 Å². The lowest BCUT2D eigenvalue weighted by Crippen LogP contribution is -2.49. The van der Waals surface area contributed by atoms with Gasteiger partial charge in [0, 0.05) is 12.6 Å². The number of carbonyl (C=O) groups is 1. The van der Waals surface area contributed by atoms with Crippen molar-refractivity contribution in [2.24, 2.45) is 5.92 Å². The van der Waals surface area contributed by atoms with Crippen LogP contribution in [0.5, 0.6) is 0 Å². The van der Waals surface area contributed by atoms with E-state index in [4.69, 9.17) is 4.74 Å². The van der Waals surface area contributed by atoms with E-state index in [0.717, 1.165) is 32.0 Å². The first-order chi connectivity index (χ1) is 9.76. The molecule has 1 heterocycles. The first kappa shape index (κ1) is 15.8. The molecule has 20 heavy (non-hydrogen) atoms. The van der Waals surface area contributed by atoms with Crippen LogP contribution in [0.3, 0.4) is 0 Å². The second kappa shape index (κ2) is 7.99. The lowest BCUT2D eigenvalue weighted by Gasteiger charge is -2.31. The second-order valence-corrected chi connectivity index (χ2v) is 6.28. The molecule has 4 nitrogen and oxygen atoms in total. The monoisotopic (exact) mass is 282 g/mol. The van der Waals surface area contributed by atoms with Crippen molar-refractivity contribution in [1.29, 1.82) is 0 Å². The number of nitrogens with one attached hydrogen (secondary N) is 1. The average molecular weight is 282 g/mol. The van der Waals surface area contributed by atoms with Gasteiger partial charge in [-0.3, -0.25) is 9.69 Å². The number of esters is 1. The van der Waals surface area contributed by atoms with Crippen molar-refractivity contribution in [3.63, 3.8) is 0 Å². The zero-order valence-corrected chi connectivity index (χ0v) is 13.1. The molecule has 0 aromatic carbocycles. The number of rotatable bonds is 7. The number of nitrogens with zero attached hydrogens (tertiary/aromatic N) is 1. The Labute approximate surface area is 123 Å². The van der Waals surface area contributed by atoms with Gasteiger partial charge in [-0.25, -0.2) is 0 Å². The molecule has 1 aliphatic heterocycles. The summed E-state index contributed by atoms with van der Waals surface area (Å²) in [5.41, 5.74) is 0. The van der Waals surface area contributed by atoms with E-state index >= 15 is 0 Å². The Morgan fingerprint density at radius 2 is 2.05 bits per heavy atom. The van der Waals surface area contributed by atoms with Gasteiger partial charge >= 0.3 is 5.97 Å². The summed E-state index contributed by atoms with van der Waals surface area (Å²) in [4.78, 5) is 14.5. The molecule has 2 aliphatic rings. The smallest absolute Gasteiger partial charge is 0.324 e. The molecule has 2 atom stereocenters.